The fourth-order valence-electron chi connectivity index (χ4n) is 4.38. The number of anilines is 1. The highest BCUT2D eigenvalue weighted by molar-refractivity contribution is 7.22. The molecule has 152 valence electrons. The van der Waals surface area contributed by atoms with Gasteiger partial charge < -0.3 is 0 Å². The van der Waals surface area contributed by atoms with E-state index in [9.17, 15) is 4.79 Å². The number of Topliss-reactive ketones (excluding diaryl/α,β-unsaturated/α-hetero) is 1. The Morgan fingerprint density at radius 3 is 2.80 bits per heavy atom. The molecule has 30 heavy (non-hydrogen) atoms. The van der Waals surface area contributed by atoms with Crippen LogP contribution >= 0.6 is 11.3 Å². The minimum Gasteiger partial charge on any atom is -0.294 e. The number of nitrogens with one attached hydrogen (secondary N) is 3. The van der Waals surface area contributed by atoms with Gasteiger partial charge in [0.05, 0.1) is 21.5 Å². The van der Waals surface area contributed by atoms with Gasteiger partial charge in [-0.3, -0.25) is 9.79 Å². The van der Waals surface area contributed by atoms with E-state index in [-0.39, 0.29) is 17.2 Å². The quantitative estimate of drug-likeness (QED) is 0.598. The third-order valence-electron chi connectivity index (χ3n) is 5.67. The van der Waals surface area contributed by atoms with Crippen molar-refractivity contribution in [1.29, 1.82) is 0 Å². The second kappa shape index (κ2) is 7.06. The Kier molecular flexibility index (Phi) is 4.47. The van der Waals surface area contributed by atoms with E-state index in [1.165, 1.54) is 5.56 Å². The van der Waals surface area contributed by atoms with Crippen LogP contribution in [-0.4, -0.2) is 16.7 Å². The Balaban J connectivity index is 1.55. The van der Waals surface area contributed by atoms with Crippen LogP contribution in [0.4, 0.5) is 5.13 Å². The number of para-hydroxylation sites is 1. The second-order valence-electron chi connectivity index (χ2n) is 8.94. The van der Waals surface area contributed by atoms with Crippen molar-refractivity contribution in [2.24, 2.45) is 5.41 Å². The molecule has 2 heterocycles. The lowest BCUT2D eigenvalue weighted by Gasteiger charge is -2.34. The van der Waals surface area contributed by atoms with Gasteiger partial charge in [-0.05, 0) is 30.0 Å². The van der Waals surface area contributed by atoms with E-state index in [1.807, 2.05) is 24.3 Å². The van der Waals surface area contributed by atoms with Crippen LogP contribution in [0, 0.1) is 12.3 Å². The van der Waals surface area contributed by atoms with Crippen LogP contribution in [0.3, 0.4) is 0 Å². The second-order valence-corrected chi connectivity index (χ2v) is 9.97. The van der Waals surface area contributed by atoms with E-state index in [1.54, 1.807) is 11.3 Å². The average Bonchev–Trinajstić information content (AvgIpc) is 3.08. The number of carbonyl (C=O) groups is 1. The average molecular weight is 418 g/mol. The molecule has 0 radical (unpaired) electrons. The summed E-state index contributed by atoms with van der Waals surface area (Å²) in [5.41, 5.74) is 5.06. The van der Waals surface area contributed by atoms with Gasteiger partial charge >= 0.3 is 5.96 Å². The summed E-state index contributed by atoms with van der Waals surface area (Å²) in [6.45, 7) is 6.39. The van der Waals surface area contributed by atoms with Gasteiger partial charge in [0.1, 0.15) is 6.04 Å². The number of aromatic nitrogens is 1. The zero-order chi connectivity index (χ0) is 20.9. The molecule has 0 saturated heterocycles. The van der Waals surface area contributed by atoms with Gasteiger partial charge in [-0.25, -0.2) is 15.6 Å². The number of aryl methyl sites for hydroxylation is 1. The van der Waals surface area contributed by atoms with E-state index in [4.69, 9.17) is 0 Å². The maximum atomic E-state index is 13.1. The predicted molar refractivity (Wildman–Crippen MR) is 121 cm³/mol. The third-order valence-corrected chi connectivity index (χ3v) is 6.63. The highest BCUT2D eigenvalue weighted by Gasteiger charge is 2.41. The van der Waals surface area contributed by atoms with Crippen molar-refractivity contribution in [3.63, 3.8) is 0 Å². The number of rotatable bonds is 2. The number of carbonyl (C=O) groups excluding carboxylic acids is 1. The van der Waals surface area contributed by atoms with Crippen molar-refractivity contribution in [2.75, 3.05) is 5.32 Å². The number of ketones is 1. The Morgan fingerprint density at radius 1 is 1.17 bits per heavy atom. The largest absolute Gasteiger partial charge is 0.355 e. The van der Waals surface area contributed by atoms with E-state index < -0.39 is 0 Å². The molecular weight excluding hydrogens is 392 g/mol. The van der Waals surface area contributed by atoms with Crippen molar-refractivity contribution >= 4 is 38.4 Å². The van der Waals surface area contributed by atoms with E-state index >= 15 is 0 Å². The molecule has 5 rings (SSSR count). The Hall–Kier alpha value is -2.99. The van der Waals surface area contributed by atoms with Crippen LogP contribution in [0.2, 0.25) is 0 Å². The first kappa shape index (κ1) is 19.0. The summed E-state index contributed by atoms with van der Waals surface area (Å²) in [6, 6.07) is 16.3. The molecule has 5 nitrogen and oxygen atoms in total. The highest BCUT2D eigenvalue weighted by Crippen LogP contribution is 2.39. The van der Waals surface area contributed by atoms with Crippen molar-refractivity contribution in [3.05, 3.63) is 70.9 Å². The highest BCUT2D eigenvalue weighted by atomic mass is 32.1. The van der Waals surface area contributed by atoms with Crippen LogP contribution in [-0.2, 0) is 4.79 Å². The molecule has 0 unspecified atom stereocenters. The Labute approximate surface area is 179 Å². The molecule has 1 atom stereocenters. The summed E-state index contributed by atoms with van der Waals surface area (Å²) < 4.78 is 1.14. The van der Waals surface area contributed by atoms with Crippen LogP contribution in [0.1, 0.15) is 43.9 Å². The Bertz CT molecular complexity index is 1190. The first-order valence-electron chi connectivity index (χ1n) is 10.2. The molecule has 3 aromatic rings. The molecule has 0 bridgehead atoms. The molecule has 1 aromatic heterocycles. The van der Waals surface area contributed by atoms with Gasteiger partial charge in [0.2, 0.25) is 0 Å². The first-order valence-corrected chi connectivity index (χ1v) is 11.1. The van der Waals surface area contributed by atoms with Crippen molar-refractivity contribution < 1.29 is 9.79 Å². The fraction of sp³-hybridized carbons (Fsp3) is 0.292. The summed E-state index contributed by atoms with van der Waals surface area (Å²) in [5, 5.41) is 7.70. The first-order chi connectivity index (χ1) is 14.4. The molecule has 0 spiro atoms. The van der Waals surface area contributed by atoms with Crippen LogP contribution < -0.4 is 15.6 Å². The van der Waals surface area contributed by atoms with E-state index in [0.29, 0.717) is 6.42 Å². The van der Waals surface area contributed by atoms with Crippen molar-refractivity contribution in [3.8, 4) is 0 Å². The number of hydrogen-bond acceptors (Lipinski definition) is 5. The number of thiazole rings is 1. The minimum atomic E-state index is -0.179. The third kappa shape index (κ3) is 3.52. The fourth-order valence-corrected chi connectivity index (χ4v) is 5.25. The van der Waals surface area contributed by atoms with Gasteiger partial charge in [-0.15, -0.1) is 0 Å². The molecule has 0 amide bonds. The Morgan fingerprint density at radius 2 is 2.00 bits per heavy atom. The van der Waals surface area contributed by atoms with Crippen LogP contribution in [0.5, 0.6) is 0 Å². The molecule has 6 heteroatoms. The summed E-state index contributed by atoms with van der Waals surface area (Å²) in [5.74, 6) is 0.983. The molecule has 2 aliphatic rings. The van der Waals surface area contributed by atoms with Crippen molar-refractivity contribution in [1.82, 2.24) is 10.3 Å². The summed E-state index contributed by atoms with van der Waals surface area (Å²) in [4.78, 5) is 21.3. The van der Waals surface area contributed by atoms with Crippen LogP contribution in [0.15, 0.2) is 59.8 Å². The smallest absolute Gasteiger partial charge is 0.294 e. The van der Waals surface area contributed by atoms with E-state index in [0.717, 1.165) is 44.6 Å². The maximum absolute atomic E-state index is 13.1. The molecule has 0 fully saturated rings. The minimum absolute atomic E-state index is 0.0572. The van der Waals surface area contributed by atoms with Crippen molar-refractivity contribution in [2.45, 2.75) is 39.7 Å². The number of hydrogen-bond donors (Lipinski definition) is 3. The molecule has 3 N–H and O–H groups in total. The summed E-state index contributed by atoms with van der Waals surface area (Å²) >= 11 is 1.61. The predicted octanol–water partition coefficient (Wildman–Crippen LogP) is 3.44. The number of fused-ring (bicyclic) bond motifs is 1. The molecule has 1 aliphatic heterocycles. The zero-order valence-corrected chi connectivity index (χ0v) is 18.2. The molecule has 0 saturated carbocycles. The van der Waals surface area contributed by atoms with Gasteiger partial charge in [0, 0.05) is 12.8 Å². The maximum Gasteiger partial charge on any atom is 0.355 e. The topological polar surface area (TPSA) is 68.0 Å². The lowest BCUT2D eigenvalue weighted by Crippen LogP contribution is -2.82. The summed E-state index contributed by atoms with van der Waals surface area (Å²) in [6.07, 6.45) is 1.40. The normalized spacial score (nSPS) is 20.6. The van der Waals surface area contributed by atoms with Gasteiger partial charge in [-0.2, -0.15) is 0 Å². The lowest BCUT2D eigenvalue weighted by atomic mass is 9.73. The van der Waals surface area contributed by atoms with E-state index in [2.05, 4.69) is 65.6 Å². The molecule has 2 aromatic carbocycles. The van der Waals surface area contributed by atoms with Gasteiger partial charge in [-0.1, -0.05) is 67.1 Å². The van der Waals surface area contributed by atoms with Gasteiger partial charge in [0.25, 0.3) is 5.13 Å². The standard InChI is InChI=1S/C24H24N4OS/c1-14-7-6-8-15(11-14)21-20-17(12-24(2,3)13-18(20)29)25-22(27-21)28-23-26-16-9-4-5-10-19(16)30-23/h4-11,21H,12-13H2,1-3H3,(H2,25,26,27,28)/p+1/t21-/m1/s1. The monoisotopic (exact) mass is 417 g/mol. The SMILES string of the molecule is Cc1cccc([C@H]2[NH+]=C(Nc3nc4ccccc4s3)NC3=C2C(=O)CC(C)(C)C3)c1. The number of guanidine groups is 1. The zero-order valence-electron chi connectivity index (χ0n) is 17.4. The number of nitrogens with zero attached hydrogens (tertiary/aromatic N) is 1. The number of benzene rings is 2. The lowest BCUT2D eigenvalue weighted by molar-refractivity contribution is -0.502. The number of allylic oxidation sites excluding steroid dienone is 1. The van der Waals surface area contributed by atoms with Gasteiger partial charge in [0.15, 0.2) is 5.78 Å². The molecule has 1 aliphatic carbocycles. The molecular formula is C24H25N4OS+. The summed E-state index contributed by atoms with van der Waals surface area (Å²) in [7, 11) is 0. The van der Waals surface area contributed by atoms with Crippen LogP contribution in [0.25, 0.3) is 10.2 Å².